The highest BCUT2D eigenvalue weighted by Gasteiger charge is 2.38. The van der Waals surface area contributed by atoms with E-state index in [0.717, 1.165) is 22.2 Å². The molecular formula is C19H25F2N3O2. The van der Waals surface area contributed by atoms with Crippen LogP contribution < -0.4 is 0 Å². The van der Waals surface area contributed by atoms with E-state index in [1.165, 1.54) is 7.11 Å². The molecule has 3 rings (SSSR count). The van der Waals surface area contributed by atoms with Gasteiger partial charge in [-0.3, -0.25) is 9.58 Å². The number of esters is 1. The third-order valence-corrected chi connectivity index (χ3v) is 4.81. The van der Waals surface area contributed by atoms with Crippen LogP contribution in [0.3, 0.4) is 0 Å². The van der Waals surface area contributed by atoms with Crippen molar-refractivity contribution in [3.8, 4) is 0 Å². The van der Waals surface area contributed by atoms with Gasteiger partial charge in [-0.1, -0.05) is 13.8 Å². The Kier molecular flexibility index (Phi) is 5.01. The Bertz CT molecular complexity index is 830. The molecule has 1 aliphatic rings. The maximum Gasteiger partial charge on any atom is 0.338 e. The summed E-state index contributed by atoms with van der Waals surface area (Å²) in [5.41, 5.74) is 2.96. The van der Waals surface area contributed by atoms with Crippen LogP contribution in [0.2, 0.25) is 0 Å². The zero-order chi connectivity index (χ0) is 19.1. The molecule has 0 aliphatic carbocycles. The van der Waals surface area contributed by atoms with Crippen molar-refractivity contribution in [1.29, 1.82) is 0 Å². The number of hydrogen-bond donors (Lipinski definition) is 0. The molecule has 7 heteroatoms. The van der Waals surface area contributed by atoms with Gasteiger partial charge in [-0.25, -0.2) is 13.6 Å². The van der Waals surface area contributed by atoms with Gasteiger partial charge in [0.25, 0.3) is 5.92 Å². The van der Waals surface area contributed by atoms with Gasteiger partial charge in [-0.05, 0) is 30.5 Å². The van der Waals surface area contributed by atoms with Crippen molar-refractivity contribution < 1.29 is 18.3 Å². The molecule has 0 spiro atoms. The number of fused-ring (bicyclic) bond motifs is 1. The average Bonchev–Trinajstić information content (AvgIpc) is 3.07. The van der Waals surface area contributed by atoms with E-state index in [0.29, 0.717) is 31.1 Å². The number of rotatable bonds is 5. The van der Waals surface area contributed by atoms with Crippen molar-refractivity contribution in [2.24, 2.45) is 5.92 Å². The van der Waals surface area contributed by atoms with E-state index in [1.807, 2.05) is 17.7 Å². The second kappa shape index (κ2) is 6.95. The molecule has 0 amide bonds. The first kappa shape index (κ1) is 18.8. The standard InChI is InChI=1S/C19H25F2N3O2/c1-12(2)9-24-17-13(3)14(18(25)26-4)5-6-15(17)16(22-24)10-23-8-7-19(20,21)11-23/h5-6,12H,7-11H2,1-4H3. The Morgan fingerprint density at radius 2 is 2.12 bits per heavy atom. The first-order valence-electron chi connectivity index (χ1n) is 8.89. The summed E-state index contributed by atoms with van der Waals surface area (Å²) in [4.78, 5) is 13.8. The summed E-state index contributed by atoms with van der Waals surface area (Å²) >= 11 is 0. The number of halogens is 2. The molecule has 0 bridgehead atoms. The number of methoxy groups -OCH3 is 1. The van der Waals surface area contributed by atoms with Crippen molar-refractivity contribution in [2.45, 2.75) is 46.2 Å². The van der Waals surface area contributed by atoms with Crippen LogP contribution in [0, 0.1) is 12.8 Å². The predicted molar refractivity (Wildman–Crippen MR) is 95.5 cm³/mol. The molecule has 1 fully saturated rings. The molecule has 0 N–H and O–H groups in total. The lowest BCUT2D eigenvalue weighted by Crippen LogP contribution is -2.25. The van der Waals surface area contributed by atoms with Gasteiger partial charge in [0, 0.05) is 31.4 Å². The maximum atomic E-state index is 13.5. The Labute approximate surface area is 151 Å². The summed E-state index contributed by atoms with van der Waals surface area (Å²) in [5.74, 6) is -2.64. The molecule has 1 aliphatic heterocycles. The van der Waals surface area contributed by atoms with Gasteiger partial charge in [0.2, 0.25) is 0 Å². The quantitative estimate of drug-likeness (QED) is 0.759. The third kappa shape index (κ3) is 3.58. The Morgan fingerprint density at radius 3 is 2.69 bits per heavy atom. The molecule has 2 aromatic rings. The summed E-state index contributed by atoms with van der Waals surface area (Å²) in [6, 6.07) is 3.58. The van der Waals surface area contributed by atoms with Crippen LogP contribution in [0.5, 0.6) is 0 Å². The van der Waals surface area contributed by atoms with E-state index in [1.54, 1.807) is 11.0 Å². The van der Waals surface area contributed by atoms with Crippen LogP contribution in [-0.4, -0.2) is 46.8 Å². The van der Waals surface area contributed by atoms with Crippen molar-refractivity contribution >= 4 is 16.9 Å². The van der Waals surface area contributed by atoms with Gasteiger partial charge in [0.05, 0.1) is 30.4 Å². The van der Waals surface area contributed by atoms with Crippen molar-refractivity contribution in [3.63, 3.8) is 0 Å². The second-order valence-corrected chi connectivity index (χ2v) is 7.47. The molecule has 142 valence electrons. The Hall–Kier alpha value is -2.02. The lowest BCUT2D eigenvalue weighted by Gasteiger charge is -2.14. The molecule has 1 aromatic heterocycles. The molecule has 0 saturated carbocycles. The number of aryl methyl sites for hydroxylation is 1. The summed E-state index contributed by atoms with van der Waals surface area (Å²) in [6.45, 7) is 7.27. The molecule has 0 unspecified atom stereocenters. The van der Waals surface area contributed by atoms with Crippen LogP contribution in [0.15, 0.2) is 12.1 Å². The number of carbonyl (C=O) groups excluding carboxylic acids is 1. The minimum Gasteiger partial charge on any atom is -0.465 e. The number of benzene rings is 1. The van der Waals surface area contributed by atoms with Gasteiger partial charge in [0.15, 0.2) is 0 Å². The summed E-state index contributed by atoms with van der Waals surface area (Å²) in [7, 11) is 1.36. The number of carbonyl (C=O) groups is 1. The van der Waals surface area contributed by atoms with Gasteiger partial charge in [-0.2, -0.15) is 5.10 Å². The van der Waals surface area contributed by atoms with E-state index < -0.39 is 5.92 Å². The van der Waals surface area contributed by atoms with E-state index in [4.69, 9.17) is 9.84 Å². The largest absolute Gasteiger partial charge is 0.465 e. The van der Waals surface area contributed by atoms with E-state index in [-0.39, 0.29) is 18.9 Å². The van der Waals surface area contributed by atoms with Crippen LogP contribution in [0.25, 0.3) is 10.9 Å². The summed E-state index contributed by atoms with van der Waals surface area (Å²) < 4.78 is 33.8. The number of alkyl halides is 2. The van der Waals surface area contributed by atoms with Crippen molar-refractivity contribution in [1.82, 2.24) is 14.7 Å². The number of likely N-dealkylation sites (tertiary alicyclic amines) is 1. The van der Waals surface area contributed by atoms with Crippen LogP contribution >= 0.6 is 0 Å². The van der Waals surface area contributed by atoms with Gasteiger partial charge in [0.1, 0.15) is 0 Å². The smallest absolute Gasteiger partial charge is 0.338 e. The third-order valence-electron chi connectivity index (χ3n) is 4.81. The normalized spacial score (nSPS) is 17.3. The molecule has 26 heavy (non-hydrogen) atoms. The predicted octanol–water partition coefficient (Wildman–Crippen LogP) is 3.63. The number of hydrogen-bond acceptors (Lipinski definition) is 4. The van der Waals surface area contributed by atoms with E-state index >= 15 is 0 Å². The number of ether oxygens (including phenoxy) is 1. The van der Waals surface area contributed by atoms with E-state index in [9.17, 15) is 13.6 Å². The fourth-order valence-electron chi connectivity index (χ4n) is 3.59. The second-order valence-electron chi connectivity index (χ2n) is 7.47. The maximum absolute atomic E-state index is 13.5. The first-order valence-corrected chi connectivity index (χ1v) is 8.89. The zero-order valence-electron chi connectivity index (χ0n) is 15.7. The minimum absolute atomic E-state index is 0.108. The Balaban J connectivity index is 2.04. The molecule has 0 atom stereocenters. The SMILES string of the molecule is COC(=O)c1ccc2c(CN3CCC(F)(F)C3)nn(CC(C)C)c2c1C. The van der Waals surface area contributed by atoms with Gasteiger partial charge >= 0.3 is 5.97 Å². The molecular weight excluding hydrogens is 340 g/mol. The van der Waals surface area contributed by atoms with Crippen LogP contribution in [0.4, 0.5) is 8.78 Å². The zero-order valence-corrected chi connectivity index (χ0v) is 15.7. The van der Waals surface area contributed by atoms with Crippen molar-refractivity contribution in [2.75, 3.05) is 20.2 Å². The summed E-state index contributed by atoms with van der Waals surface area (Å²) in [5, 5.41) is 5.61. The monoisotopic (exact) mass is 365 g/mol. The average molecular weight is 365 g/mol. The highest BCUT2D eigenvalue weighted by Crippen LogP contribution is 2.31. The molecule has 1 saturated heterocycles. The topological polar surface area (TPSA) is 47.4 Å². The lowest BCUT2D eigenvalue weighted by molar-refractivity contribution is 0.0114. The van der Waals surface area contributed by atoms with Crippen molar-refractivity contribution in [3.05, 3.63) is 29.0 Å². The Morgan fingerprint density at radius 1 is 1.38 bits per heavy atom. The summed E-state index contributed by atoms with van der Waals surface area (Å²) in [6.07, 6.45) is -0.108. The fraction of sp³-hybridized carbons (Fsp3) is 0.579. The minimum atomic E-state index is -2.62. The number of nitrogens with zero attached hydrogens (tertiary/aromatic N) is 3. The van der Waals surface area contributed by atoms with E-state index in [2.05, 4.69) is 13.8 Å². The van der Waals surface area contributed by atoms with Crippen LogP contribution in [-0.2, 0) is 17.8 Å². The molecule has 1 aromatic carbocycles. The molecule has 0 radical (unpaired) electrons. The molecule has 2 heterocycles. The lowest BCUT2D eigenvalue weighted by atomic mass is 10.0. The molecule has 5 nitrogen and oxygen atoms in total. The van der Waals surface area contributed by atoms with Crippen LogP contribution in [0.1, 0.15) is 41.9 Å². The highest BCUT2D eigenvalue weighted by molar-refractivity contribution is 5.98. The highest BCUT2D eigenvalue weighted by atomic mass is 19.3. The first-order chi connectivity index (χ1) is 12.2. The van der Waals surface area contributed by atoms with Gasteiger partial charge < -0.3 is 4.74 Å². The fourth-order valence-corrected chi connectivity index (χ4v) is 3.59. The number of aromatic nitrogens is 2. The van der Waals surface area contributed by atoms with Gasteiger partial charge in [-0.15, -0.1) is 0 Å².